The summed E-state index contributed by atoms with van der Waals surface area (Å²) in [5, 5.41) is 2.90. The zero-order valence-electron chi connectivity index (χ0n) is 13.0. The molecule has 1 amide bonds. The molecule has 23 heavy (non-hydrogen) atoms. The van der Waals surface area contributed by atoms with Crippen LogP contribution in [0.4, 0.5) is 5.69 Å². The van der Waals surface area contributed by atoms with E-state index in [2.05, 4.69) is 11.9 Å². The molecule has 2 rings (SSSR count). The third-order valence-electron chi connectivity index (χ3n) is 3.25. The molecule has 6 heteroatoms. The molecule has 0 fully saturated rings. The van der Waals surface area contributed by atoms with Crippen LogP contribution in [0.1, 0.15) is 4.88 Å². The molecule has 0 spiro atoms. The second-order valence-electron chi connectivity index (χ2n) is 5.08. The molecule has 0 bridgehead atoms. The molecule has 1 unspecified atom stereocenters. The van der Waals surface area contributed by atoms with Crippen LogP contribution >= 0.6 is 22.9 Å². The van der Waals surface area contributed by atoms with Crippen LogP contribution in [-0.2, 0) is 11.3 Å². The SMILES string of the molecule is C=CC[NH+](CC(=O)Nc1cccc(OC)c1)Cc1ccc(Cl)s1. The number of amides is 1. The second-order valence-corrected chi connectivity index (χ2v) is 6.88. The molecule has 0 aliphatic carbocycles. The highest BCUT2D eigenvalue weighted by molar-refractivity contribution is 7.16. The number of ether oxygens (including phenoxy) is 1. The maximum absolute atomic E-state index is 12.3. The normalized spacial score (nSPS) is 11.7. The Morgan fingerprint density at radius 1 is 1.43 bits per heavy atom. The van der Waals surface area contributed by atoms with E-state index in [1.54, 1.807) is 13.2 Å². The van der Waals surface area contributed by atoms with Crippen molar-refractivity contribution in [1.82, 2.24) is 0 Å². The number of halogens is 1. The standard InChI is InChI=1S/C17H19ClN2O2S/c1-3-9-20(11-15-7-8-16(18)23-15)12-17(21)19-13-5-4-6-14(10-13)22-2/h3-8,10H,1,9,11-12H2,2H3,(H,19,21)/p+1. The summed E-state index contributed by atoms with van der Waals surface area (Å²) < 4.78 is 5.92. The van der Waals surface area contributed by atoms with Crippen molar-refractivity contribution in [2.45, 2.75) is 6.54 Å². The van der Waals surface area contributed by atoms with Crippen LogP contribution in [-0.4, -0.2) is 26.1 Å². The van der Waals surface area contributed by atoms with Crippen LogP contribution in [0, 0.1) is 0 Å². The quantitative estimate of drug-likeness (QED) is 0.718. The fraction of sp³-hybridized carbons (Fsp3) is 0.235. The summed E-state index contributed by atoms with van der Waals surface area (Å²) >= 11 is 7.50. The highest BCUT2D eigenvalue weighted by Crippen LogP contribution is 2.20. The third-order valence-corrected chi connectivity index (χ3v) is 4.48. The summed E-state index contributed by atoms with van der Waals surface area (Å²) in [5.74, 6) is 0.670. The van der Waals surface area contributed by atoms with Crippen molar-refractivity contribution in [1.29, 1.82) is 0 Å². The molecule has 4 nitrogen and oxygen atoms in total. The van der Waals surface area contributed by atoms with E-state index < -0.39 is 0 Å². The molecule has 1 heterocycles. The van der Waals surface area contributed by atoms with Gasteiger partial charge >= 0.3 is 0 Å². The molecule has 0 saturated heterocycles. The number of nitrogens with one attached hydrogen (secondary N) is 2. The number of methoxy groups -OCH3 is 1. The Labute approximate surface area is 145 Å². The van der Waals surface area contributed by atoms with Crippen molar-refractivity contribution in [3.63, 3.8) is 0 Å². The van der Waals surface area contributed by atoms with Gasteiger partial charge in [0.05, 0.1) is 22.9 Å². The number of hydrogen-bond donors (Lipinski definition) is 2. The van der Waals surface area contributed by atoms with E-state index in [4.69, 9.17) is 16.3 Å². The van der Waals surface area contributed by atoms with Crippen LogP contribution in [0.2, 0.25) is 4.34 Å². The molecule has 1 aromatic carbocycles. The van der Waals surface area contributed by atoms with Crippen molar-refractivity contribution in [3.05, 3.63) is 58.3 Å². The second kappa shape index (κ2) is 8.72. The Morgan fingerprint density at radius 3 is 2.91 bits per heavy atom. The average Bonchev–Trinajstić information content (AvgIpc) is 2.92. The summed E-state index contributed by atoms with van der Waals surface area (Å²) in [5.41, 5.74) is 0.728. The van der Waals surface area contributed by atoms with Gasteiger partial charge in [-0.25, -0.2) is 0 Å². The molecule has 0 aliphatic rings. The van der Waals surface area contributed by atoms with Crippen molar-refractivity contribution in [2.24, 2.45) is 0 Å². The predicted molar refractivity (Wildman–Crippen MR) is 95.6 cm³/mol. The first-order valence-corrected chi connectivity index (χ1v) is 8.42. The number of benzene rings is 1. The number of rotatable bonds is 8. The molecule has 122 valence electrons. The van der Waals surface area contributed by atoms with Crippen molar-refractivity contribution in [2.75, 3.05) is 25.5 Å². The van der Waals surface area contributed by atoms with Gasteiger partial charge in [0.15, 0.2) is 6.54 Å². The Hall–Kier alpha value is -1.82. The zero-order chi connectivity index (χ0) is 16.7. The van der Waals surface area contributed by atoms with E-state index in [1.807, 2.05) is 36.4 Å². The van der Waals surface area contributed by atoms with E-state index in [-0.39, 0.29) is 5.91 Å². The van der Waals surface area contributed by atoms with Crippen molar-refractivity contribution in [3.8, 4) is 5.75 Å². The fourth-order valence-electron chi connectivity index (χ4n) is 2.24. The van der Waals surface area contributed by atoms with E-state index in [0.29, 0.717) is 18.8 Å². The molecule has 1 aromatic heterocycles. The van der Waals surface area contributed by atoms with Gasteiger partial charge < -0.3 is 15.0 Å². The van der Waals surface area contributed by atoms with Crippen molar-refractivity contribution < 1.29 is 14.4 Å². The van der Waals surface area contributed by atoms with Crippen LogP contribution < -0.4 is 15.0 Å². The molecule has 0 aliphatic heterocycles. The van der Waals surface area contributed by atoms with E-state index >= 15 is 0 Å². The predicted octanol–water partition coefficient (Wildman–Crippen LogP) is 2.62. The lowest BCUT2D eigenvalue weighted by atomic mass is 10.3. The number of anilines is 1. The number of carbonyl (C=O) groups excluding carboxylic acids is 1. The summed E-state index contributed by atoms with van der Waals surface area (Å²) in [7, 11) is 1.60. The van der Waals surface area contributed by atoms with Gasteiger partial charge in [0, 0.05) is 11.8 Å². The Balaban J connectivity index is 1.95. The van der Waals surface area contributed by atoms with E-state index in [1.165, 1.54) is 11.3 Å². The van der Waals surface area contributed by atoms with Gasteiger partial charge in [-0.15, -0.1) is 11.3 Å². The summed E-state index contributed by atoms with van der Waals surface area (Å²) in [6.45, 7) is 5.58. The fourth-order valence-corrected chi connectivity index (χ4v) is 3.40. The lowest BCUT2D eigenvalue weighted by Gasteiger charge is -2.16. The summed E-state index contributed by atoms with van der Waals surface area (Å²) in [6, 6.07) is 11.2. The summed E-state index contributed by atoms with van der Waals surface area (Å²) in [4.78, 5) is 14.5. The largest absolute Gasteiger partial charge is 0.497 e. The van der Waals surface area contributed by atoms with E-state index in [0.717, 1.165) is 26.3 Å². The first-order chi connectivity index (χ1) is 11.1. The average molecular weight is 352 g/mol. The maximum Gasteiger partial charge on any atom is 0.279 e. The van der Waals surface area contributed by atoms with Gasteiger partial charge in [0.25, 0.3) is 5.91 Å². The number of hydrogen-bond acceptors (Lipinski definition) is 3. The number of quaternary nitrogens is 1. The summed E-state index contributed by atoms with van der Waals surface area (Å²) in [6.07, 6.45) is 1.82. The number of thiophene rings is 1. The van der Waals surface area contributed by atoms with E-state index in [9.17, 15) is 4.79 Å². The molecule has 1 atom stereocenters. The van der Waals surface area contributed by atoms with Crippen LogP contribution in [0.3, 0.4) is 0 Å². The highest BCUT2D eigenvalue weighted by atomic mass is 35.5. The lowest BCUT2D eigenvalue weighted by Crippen LogP contribution is -3.11. The van der Waals surface area contributed by atoms with Gasteiger partial charge in [-0.3, -0.25) is 4.79 Å². The Bertz CT molecular complexity index is 672. The van der Waals surface area contributed by atoms with Gasteiger partial charge in [-0.2, -0.15) is 0 Å². The van der Waals surface area contributed by atoms with Gasteiger partial charge in [-0.1, -0.05) is 24.2 Å². The Morgan fingerprint density at radius 2 is 2.26 bits per heavy atom. The first kappa shape index (κ1) is 17.5. The van der Waals surface area contributed by atoms with Gasteiger partial charge in [0.1, 0.15) is 12.3 Å². The molecular weight excluding hydrogens is 332 g/mol. The molecule has 2 N–H and O–H groups in total. The van der Waals surface area contributed by atoms with Crippen molar-refractivity contribution >= 4 is 34.5 Å². The van der Waals surface area contributed by atoms with Gasteiger partial charge in [-0.05, 0) is 30.3 Å². The maximum atomic E-state index is 12.3. The zero-order valence-corrected chi connectivity index (χ0v) is 14.5. The number of carbonyl (C=O) groups is 1. The van der Waals surface area contributed by atoms with Gasteiger partial charge in [0.2, 0.25) is 0 Å². The minimum atomic E-state index is -0.0437. The topological polar surface area (TPSA) is 42.8 Å². The van der Waals surface area contributed by atoms with Crippen LogP contribution in [0.15, 0.2) is 49.1 Å². The first-order valence-electron chi connectivity index (χ1n) is 7.23. The third kappa shape index (κ3) is 5.71. The molecule has 2 aromatic rings. The Kier molecular flexibility index (Phi) is 6.65. The highest BCUT2D eigenvalue weighted by Gasteiger charge is 2.15. The molecule has 0 saturated carbocycles. The lowest BCUT2D eigenvalue weighted by molar-refractivity contribution is -0.899. The molecular formula is C17H20ClN2O2S+. The monoisotopic (exact) mass is 351 g/mol. The minimum Gasteiger partial charge on any atom is -0.497 e. The van der Waals surface area contributed by atoms with Crippen LogP contribution in [0.5, 0.6) is 5.75 Å². The van der Waals surface area contributed by atoms with Crippen LogP contribution in [0.25, 0.3) is 0 Å². The smallest absolute Gasteiger partial charge is 0.279 e. The molecule has 0 radical (unpaired) electrons. The minimum absolute atomic E-state index is 0.0437.